The molecule has 1 aromatic heterocycles. The van der Waals surface area contributed by atoms with Crippen LogP contribution in [0.3, 0.4) is 0 Å². The van der Waals surface area contributed by atoms with Gasteiger partial charge in [-0.3, -0.25) is 0 Å². The minimum absolute atomic E-state index is 0.0323. The highest BCUT2D eigenvalue weighted by atomic mass is 16.6. The molecule has 0 saturated carbocycles. The number of nitrogens with one attached hydrogen (secondary N) is 1. The highest BCUT2D eigenvalue weighted by Crippen LogP contribution is 2.25. The van der Waals surface area contributed by atoms with Crippen LogP contribution in [0.15, 0.2) is 42.6 Å². The first-order valence-corrected chi connectivity index (χ1v) is 10.7. The minimum atomic E-state index is -1.39. The molecule has 1 amide bonds. The van der Waals surface area contributed by atoms with Crippen molar-refractivity contribution in [2.45, 2.75) is 57.9 Å². The first-order chi connectivity index (χ1) is 15.2. The highest BCUT2D eigenvalue weighted by Gasteiger charge is 2.31. The fraction of sp³-hybridized carbons (Fsp3) is 0.458. The van der Waals surface area contributed by atoms with Crippen molar-refractivity contribution in [2.24, 2.45) is 0 Å². The van der Waals surface area contributed by atoms with E-state index in [0.29, 0.717) is 29.9 Å². The van der Waals surface area contributed by atoms with Crippen LogP contribution in [-0.4, -0.2) is 52.3 Å². The topological polar surface area (TPSA) is 101 Å². The summed E-state index contributed by atoms with van der Waals surface area (Å²) in [7, 11) is 1.35. The number of pyridine rings is 1. The Morgan fingerprint density at radius 2 is 1.94 bits per heavy atom. The number of nitrogens with zero attached hydrogens (tertiary/aromatic N) is 2. The number of aliphatic hydroxyl groups is 1. The van der Waals surface area contributed by atoms with Crippen LogP contribution in [-0.2, 0) is 15.9 Å². The van der Waals surface area contributed by atoms with Gasteiger partial charge in [0.1, 0.15) is 5.82 Å². The number of carbonyl (C=O) groups excluding carboxylic acids is 2. The molecule has 0 aliphatic carbocycles. The van der Waals surface area contributed by atoms with Crippen LogP contribution in [0.4, 0.5) is 10.6 Å². The Bertz CT molecular complexity index is 922. The summed E-state index contributed by atoms with van der Waals surface area (Å²) >= 11 is 0. The number of ether oxygens (including phenoxy) is 2. The van der Waals surface area contributed by atoms with Crippen LogP contribution < -0.4 is 5.32 Å². The molecule has 2 heterocycles. The first-order valence-electron chi connectivity index (χ1n) is 10.7. The number of rotatable bonds is 6. The maximum absolute atomic E-state index is 12.7. The van der Waals surface area contributed by atoms with Crippen LogP contribution in [0.25, 0.3) is 0 Å². The third kappa shape index (κ3) is 6.20. The summed E-state index contributed by atoms with van der Waals surface area (Å²) in [6, 6.07) is 10.6. The lowest BCUT2D eigenvalue weighted by Gasteiger charge is -2.26. The molecule has 1 aliphatic rings. The number of benzene rings is 1. The van der Waals surface area contributed by atoms with Crippen molar-refractivity contribution < 1.29 is 24.2 Å². The molecule has 0 bridgehead atoms. The zero-order valence-corrected chi connectivity index (χ0v) is 19.0. The molecule has 1 aromatic carbocycles. The molecule has 1 fully saturated rings. The number of hydrogen-bond donors (Lipinski definition) is 2. The lowest BCUT2D eigenvalue weighted by molar-refractivity contribution is -0.0681. The lowest BCUT2D eigenvalue weighted by Crippen LogP contribution is -2.37. The van der Waals surface area contributed by atoms with Crippen molar-refractivity contribution in [3.05, 3.63) is 59.3 Å². The van der Waals surface area contributed by atoms with Gasteiger partial charge in [-0.2, -0.15) is 0 Å². The van der Waals surface area contributed by atoms with Crippen LogP contribution in [0.5, 0.6) is 0 Å². The summed E-state index contributed by atoms with van der Waals surface area (Å²) in [5.74, 6) is 0.297. The highest BCUT2D eigenvalue weighted by molar-refractivity contribution is 5.89. The number of hydrogen-bond acceptors (Lipinski definition) is 7. The van der Waals surface area contributed by atoms with Crippen molar-refractivity contribution >= 4 is 17.9 Å². The predicted molar refractivity (Wildman–Crippen MR) is 120 cm³/mol. The largest absolute Gasteiger partial charge is 0.465 e. The van der Waals surface area contributed by atoms with Gasteiger partial charge < -0.3 is 24.8 Å². The van der Waals surface area contributed by atoms with Crippen molar-refractivity contribution in [2.75, 3.05) is 19.0 Å². The maximum Gasteiger partial charge on any atom is 0.412 e. The lowest BCUT2D eigenvalue weighted by atomic mass is 10.0. The minimum Gasteiger partial charge on any atom is -0.465 e. The van der Waals surface area contributed by atoms with Gasteiger partial charge in [-0.25, -0.2) is 14.6 Å². The van der Waals surface area contributed by atoms with E-state index in [1.807, 2.05) is 32.9 Å². The van der Waals surface area contributed by atoms with Gasteiger partial charge in [0, 0.05) is 29.9 Å². The van der Waals surface area contributed by atoms with Crippen molar-refractivity contribution in [1.82, 2.24) is 9.88 Å². The number of aliphatic hydroxyl groups excluding tert-OH is 1. The third-order valence-electron chi connectivity index (χ3n) is 5.25. The summed E-state index contributed by atoms with van der Waals surface area (Å²) in [4.78, 5) is 30.2. The molecular weight excluding hydrogens is 410 g/mol. The van der Waals surface area contributed by atoms with E-state index in [-0.39, 0.29) is 17.6 Å². The molecule has 3 rings (SSSR count). The molecule has 1 saturated heterocycles. The third-order valence-corrected chi connectivity index (χ3v) is 5.25. The second kappa shape index (κ2) is 9.99. The molecule has 0 radical (unpaired) electrons. The zero-order chi connectivity index (χ0) is 23.3. The summed E-state index contributed by atoms with van der Waals surface area (Å²) in [5.41, 5.74) is 1.77. The molecule has 172 valence electrons. The van der Waals surface area contributed by atoms with Gasteiger partial charge in [0.25, 0.3) is 0 Å². The summed E-state index contributed by atoms with van der Waals surface area (Å²) < 4.78 is 10.0. The van der Waals surface area contributed by atoms with E-state index in [4.69, 9.17) is 9.47 Å². The van der Waals surface area contributed by atoms with Crippen LogP contribution in [0.2, 0.25) is 0 Å². The van der Waals surface area contributed by atoms with Crippen LogP contribution >= 0.6 is 0 Å². The average molecular weight is 442 g/mol. The molecule has 1 aliphatic heterocycles. The van der Waals surface area contributed by atoms with Gasteiger partial charge in [-0.15, -0.1) is 0 Å². The Balaban J connectivity index is 1.58. The van der Waals surface area contributed by atoms with E-state index in [9.17, 15) is 14.7 Å². The summed E-state index contributed by atoms with van der Waals surface area (Å²) in [6.07, 6.45) is 1.91. The molecule has 2 aromatic rings. The second-order valence-electron chi connectivity index (χ2n) is 8.97. The van der Waals surface area contributed by atoms with Gasteiger partial charge in [-0.1, -0.05) is 12.1 Å². The Labute approximate surface area is 188 Å². The molecule has 0 spiro atoms. The molecule has 32 heavy (non-hydrogen) atoms. The van der Waals surface area contributed by atoms with Crippen LogP contribution in [0.1, 0.15) is 61.4 Å². The SMILES string of the molecule is COC(=O)c1ccc(CC2CCCN2C(=O)O[C@@H](O)c2ccc(NC(C)(C)C)nc2)cc1. The Hall–Kier alpha value is -3.13. The quantitative estimate of drug-likeness (QED) is 0.518. The standard InChI is InChI=1S/C24H31N3O5/c1-24(2,3)26-20-12-11-18(15-25-20)22(29)32-23(30)27-13-5-6-19(27)14-16-7-9-17(10-8-16)21(28)31-4/h7-12,15,19,22,29H,5-6,13-14H2,1-4H3,(H,25,26)/t19?,22-/m1/s1. The number of aromatic nitrogens is 1. The first kappa shape index (κ1) is 23.5. The van der Waals surface area contributed by atoms with E-state index in [0.717, 1.165) is 18.4 Å². The number of likely N-dealkylation sites (tertiary alicyclic amines) is 1. The van der Waals surface area contributed by atoms with Gasteiger partial charge in [0.15, 0.2) is 0 Å². The van der Waals surface area contributed by atoms with Crippen molar-refractivity contribution in [1.29, 1.82) is 0 Å². The Morgan fingerprint density at radius 1 is 1.22 bits per heavy atom. The second-order valence-corrected chi connectivity index (χ2v) is 8.97. The molecule has 2 N–H and O–H groups in total. The fourth-order valence-electron chi connectivity index (χ4n) is 3.70. The normalized spacial score (nSPS) is 17.0. The molecule has 2 atom stereocenters. The molecule has 1 unspecified atom stereocenters. The average Bonchev–Trinajstić information content (AvgIpc) is 3.21. The monoisotopic (exact) mass is 441 g/mol. The fourth-order valence-corrected chi connectivity index (χ4v) is 3.70. The van der Waals surface area contributed by atoms with Gasteiger partial charge in [-0.05, 0) is 69.9 Å². The number of anilines is 1. The van der Waals surface area contributed by atoms with Gasteiger partial charge in [0.05, 0.1) is 12.7 Å². The smallest absolute Gasteiger partial charge is 0.412 e. The van der Waals surface area contributed by atoms with E-state index in [1.165, 1.54) is 13.3 Å². The Morgan fingerprint density at radius 3 is 2.53 bits per heavy atom. The van der Waals surface area contributed by atoms with Crippen molar-refractivity contribution in [3.8, 4) is 0 Å². The number of methoxy groups -OCH3 is 1. The van der Waals surface area contributed by atoms with Gasteiger partial charge >= 0.3 is 12.1 Å². The van der Waals surface area contributed by atoms with E-state index in [2.05, 4.69) is 10.3 Å². The number of esters is 1. The Kier molecular flexibility index (Phi) is 7.35. The van der Waals surface area contributed by atoms with Gasteiger partial charge in [0.2, 0.25) is 6.29 Å². The molecular formula is C24H31N3O5. The summed E-state index contributed by atoms with van der Waals surface area (Å²) in [6.45, 7) is 6.65. The molecule has 8 heteroatoms. The number of carbonyl (C=O) groups is 2. The predicted octanol–water partition coefficient (Wildman–Crippen LogP) is 3.91. The van der Waals surface area contributed by atoms with E-state index >= 15 is 0 Å². The van der Waals surface area contributed by atoms with E-state index in [1.54, 1.807) is 29.2 Å². The van der Waals surface area contributed by atoms with E-state index < -0.39 is 12.4 Å². The molecule has 8 nitrogen and oxygen atoms in total. The zero-order valence-electron chi connectivity index (χ0n) is 19.0. The van der Waals surface area contributed by atoms with Crippen LogP contribution in [0, 0.1) is 0 Å². The van der Waals surface area contributed by atoms with Crippen molar-refractivity contribution in [3.63, 3.8) is 0 Å². The summed E-state index contributed by atoms with van der Waals surface area (Å²) in [5, 5.41) is 13.6. The maximum atomic E-state index is 12.7. The number of amides is 1.